The fraction of sp³-hybridized carbons (Fsp3) is 0.750. The van der Waals surface area contributed by atoms with Crippen molar-refractivity contribution in [3.8, 4) is 0 Å². The molecule has 1 N–H and O–H groups in total. The van der Waals surface area contributed by atoms with Crippen LogP contribution in [0.4, 0.5) is 0 Å². The van der Waals surface area contributed by atoms with Crippen LogP contribution in [0.15, 0.2) is 6.07 Å². The zero-order valence-electron chi connectivity index (χ0n) is 13.6. The van der Waals surface area contributed by atoms with Crippen molar-refractivity contribution in [2.75, 3.05) is 33.2 Å². The minimum Gasteiger partial charge on any atom is -0.307 e. The van der Waals surface area contributed by atoms with Crippen molar-refractivity contribution in [1.82, 2.24) is 15.1 Å². The summed E-state index contributed by atoms with van der Waals surface area (Å²) in [7, 11) is 2.21. The number of nitrogens with one attached hydrogen (secondary N) is 1. The smallest absolute Gasteiger partial charge is 0.0304 e. The SMILES string of the molecule is Cc1sc(CNC(C)(C)C)cc1CN1CCN(C)CC1. The number of rotatable bonds is 4. The Labute approximate surface area is 128 Å². The van der Waals surface area contributed by atoms with E-state index >= 15 is 0 Å². The van der Waals surface area contributed by atoms with Crippen molar-refractivity contribution in [1.29, 1.82) is 0 Å². The van der Waals surface area contributed by atoms with Gasteiger partial charge in [-0.1, -0.05) is 0 Å². The summed E-state index contributed by atoms with van der Waals surface area (Å²) < 4.78 is 0. The summed E-state index contributed by atoms with van der Waals surface area (Å²) >= 11 is 1.94. The Balaban J connectivity index is 1.90. The number of piperazine rings is 1. The highest BCUT2D eigenvalue weighted by Crippen LogP contribution is 2.23. The van der Waals surface area contributed by atoms with Gasteiger partial charge in [-0.15, -0.1) is 11.3 Å². The van der Waals surface area contributed by atoms with Crippen LogP contribution in [0.2, 0.25) is 0 Å². The summed E-state index contributed by atoms with van der Waals surface area (Å²) in [5, 5.41) is 3.58. The van der Waals surface area contributed by atoms with Gasteiger partial charge in [0.15, 0.2) is 0 Å². The number of aryl methyl sites for hydroxylation is 1. The third-order valence-corrected chi connectivity index (χ3v) is 4.95. The first-order valence-corrected chi connectivity index (χ1v) is 8.39. The lowest BCUT2D eigenvalue weighted by Gasteiger charge is -2.32. The Hall–Kier alpha value is -0.420. The number of likely N-dealkylation sites (N-methyl/N-ethyl adjacent to an activating group) is 1. The summed E-state index contributed by atoms with van der Waals surface area (Å²) in [4.78, 5) is 7.93. The van der Waals surface area contributed by atoms with Crippen LogP contribution < -0.4 is 5.32 Å². The van der Waals surface area contributed by atoms with E-state index in [1.165, 1.54) is 41.5 Å². The summed E-state index contributed by atoms with van der Waals surface area (Å²) in [5.74, 6) is 0. The second kappa shape index (κ2) is 6.56. The van der Waals surface area contributed by atoms with Gasteiger partial charge in [0, 0.05) is 54.6 Å². The third kappa shape index (κ3) is 4.85. The summed E-state index contributed by atoms with van der Waals surface area (Å²) in [6.45, 7) is 15.8. The highest BCUT2D eigenvalue weighted by Gasteiger charge is 2.16. The highest BCUT2D eigenvalue weighted by atomic mass is 32.1. The van der Waals surface area contributed by atoms with Gasteiger partial charge in [0.05, 0.1) is 0 Å². The largest absolute Gasteiger partial charge is 0.307 e. The average Bonchev–Trinajstić information content (AvgIpc) is 2.70. The normalized spacial score (nSPS) is 18.6. The quantitative estimate of drug-likeness (QED) is 0.921. The molecule has 0 saturated carbocycles. The molecule has 0 bridgehead atoms. The monoisotopic (exact) mass is 295 g/mol. The Morgan fingerprint density at radius 3 is 2.45 bits per heavy atom. The number of hydrogen-bond donors (Lipinski definition) is 1. The van der Waals surface area contributed by atoms with Gasteiger partial charge in [0.25, 0.3) is 0 Å². The van der Waals surface area contributed by atoms with Crippen LogP contribution >= 0.6 is 11.3 Å². The molecule has 0 atom stereocenters. The lowest BCUT2D eigenvalue weighted by Crippen LogP contribution is -2.43. The first kappa shape index (κ1) is 16.0. The van der Waals surface area contributed by atoms with Crippen LogP contribution in [0.1, 0.15) is 36.1 Å². The Morgan fingerprint density at radius 2 is 1.85 bits per heavy atom. The number of nitrogens with zero attached hydrogens (tertiary/aromatic N) is 2. The Morgan fingerprint density at radius 1 is 1.20 bits per heavy atom. The van der Waals surface area contributed by atoms with E-state index in [2.05, 4.69) is 55.9 Å². The fourth-order valence-electron chi connectivity index (χ4n) is 2.43. The molecular weight excluding hydrogens is 266 g/mol. The van der Waals surface area contributed by atoms with E-state index in [9.17, 15) is 0 Å². The predicted molar refractivity (Wildman–Crippen MR) is 88.4 cm³/mol. The topological polar surface area (TPSA) is 18.5 Å². The molecule has 114 valence electrons. The van der Waals surface area contributed by atoms with Crippen LogP contribution in [0, 0.1) is 6.92 Å². The molecule has 1 saturated heterocycles. The molecule has 0 amide bonds. The molecule has 0 spiro atoms. The maximum absolute atomic E-state index is 3.58. The van der Waals surface area contributed by atoms with Crippen LogP contribution in [-0.4, -0.2) is 48.6 Å². The molecule has 0 radical (unpaired) electrons. The van der Waals surface area contributed by atoms with E-state index < -0.39 is 0 Å². The van der Waals surface area contributed by atoms with Crippen molar-refractivity contribution in [3.63, 3.8) is 0 Å². The molecule has 1 aliphatic rings. The van der Waals surface area contributed by atoms with Gasteiger partial charge in [0.2, 0.25) is 0 Å². The van der Waals surface area contributed by atoms with Crippen LogP contribution in [0.3, 0.4) is 0 Å². The van der Waals surface area contributed by atoms with Crippen molar-refractivity contribution in [2.45, 2.75) is 46.3 Å². The van der Waals surface area contributed by atoms with Gasteiger partial charge in [-0.2, -0.15) is 0 Å². The van der Waals surface area contributed by atoms with E-state index in [1.807, 2.05) is 11.3 Å². The van der Waals surface area contributed by atoms with Crippen molar-refractivity contribution >= 4 is 11.3 Å². The lowest BCUT2D eigenvalue weighted by molar-refractivity contribution is 0.148. The standard InChI is InChI=1S/C16H29N3S/c1-13-14(12-19-8-6-18(5)7-9-19)10-15(20-13)11-17-16(2,3)4/h10,17H,6-9,11-12H2,1-5H3. The second-order valence-electron chi connectivity index (χ2n) is 6.98. The van der Waals surface area contributed by atoms with Crippen molar-refractivity contribution < 1.29 is 0 Å². The minimum absolute atomic E-state index is 0.190. The maximum Gasteiger partial charge on any atom is 0.0304 e. The molecule has 1 aromatic rings. The summed E-state index contributed by atoms with van der Waals surface area (Å²) in [5.41, 5.74) is 1.71. The first-order valence-electron chi connectivity index (χ1n) is 7.57. The highest BCUT2D eigenvalue weighted by molar-refractivity contribution is 7.12. The minimum atomic E-state index is 0.190. The fourth-order valence-corrected chi connectivity index (χ4v) is 3.42. The van der Waals surface area contributed by atoms with E-state index in [-0.39, 0.29) is 5.54 Å². The zero-order chi connectivity index (χ0) is 14.8. The van der Waals surface area contributed by atoms with Gasteiger partial charge in [-0.25, -0.2) is 0 Å². The molecule has 0 aliphatic carbocycles. The number of thiophene rings is 1. The van der Waals surface area contributed by atoms with Crippen LogP contribution in [0.5, 0.6) is 0 Å². The third-order valence-electron chi connectivity index (χ3n) is 3.85. The van der Waals surface area contributed by atoms with E-state index in [0.717, 1.165) is 13.1 Å². The molecule has 1 fully saturated rings. The van der Waals surface area contributed by atoms with E-state index in [0.29, 0.717) is 0 Å². The zero-order valence-corrected chi connectivity index (χ0v) is 14.4. The molecular formula is C16H29N3S. The molecule has 0 aromatic carbocycles. The molecule has 1 aliphatic heterocycles. The molecule has 4 heteroatoms. The molecule has 2 rings (SSSR count). The summed E-state index contributed by atoms with van der Waals surface area (Å²) in [6, 6.07) is 2.40. The number of hydrogen-bond acceptors (Lipinski definition) is 4. The van der Waals surface area contributed by atoms with Gasteiger partial charge in [-0.05, 0) is 46.4 Å². The van der Waals surface area contributed by atoms with Crippen LogP contribution in [0.25, 0.3) is 0 Å². The van der Waals surface area contributed by atoms with E-state index in [4.69, 9.17) is 0 Å². The van der Waals surface area contributed by atoms with E-state index in [1.54, 1.807) is 0 Å². The van der Waals surface area contributed by atoms with Crippen LogP contribution in [-0.2, 0) is 13.1 Å². The summed E-state index contributed by atoms with van der Waals surface area (Å²) in [6.07, 6.45) is 0. The lowest BCUT2D eigenvalue weighted by atomic mass is 10.1. The maximum atomic E-state index is 3.58. The van der Waals surface area contributed by atoms with Gasteiger partial charge in [-0.3, -0.25) is 4.90 Å². The second-order valence-corrected chi connectivity index (χ2v) is 8.32. The average molecular weight is 295 g/mol. The Bertz CT molecular complexity index is 425. The first-order chi connectivity index (χ1) is 9.33. The molecule has 20 heavy (non-hydrogen) atoms. The molecule has 0 unspecified atom stereocenters. The molecule has 3 nitrogen and oxygen atoms in total. The Kier molecular flexibility index (Phi) is 5.24. The van der Waals surface area contributed by atoms with Gasteiger partial charge in [0.1, 0.15) is 0 Å². The molecule has 1 aromatic heterocycles. The van der Waals surface area contributed by atoms with Gasteiger partial charge >= 0.3 is 0 Å². The predicted octanol–water partition coefficient (Wildman–Crippen LogP) is 2.69. The van der Waals surface area contributed by atoms with Gasteiger partial charge < -0.3 is 10.2 Å². The van der Waals surface area contributed by atoms with Crippen molar-refractivity contribution in [2.24, 2.45) is 0 Å². The van der Waals surface area contributed by atoms with Crippen molar-refractivity contribution in [3.05, 3.63) is 21.4 Å². The molecule has 2 heterocycles.